The number of aryl methyl sites for hydroxylation is 2. The summed E-state index contributed by atoms with van der Waals surface area (Å²) in [7, 11) is 0. The second-order valence-corrected chi connectivity index (χ2v) is 7.48. The average Bonchev–Trinajstić information content (AvgIpc) is 2.76. The van der Waals surface area contributed by atoms with E-state index in [2.05, 4.69) is 41.8 Å². The van der Waals surface area contributed by atoms with Crippen LogP contribution >= 0.6 is 0 Å². The molecule has 0 radical (unpaired) electrons. The van der Waals surface area contributed by atoms with Crippen molar-refractivity contribution in [3.63, 3.8) is 0 Å². The molecule has 0 saturated heterocycles. The molecule has 2 N–H and O–H groups in total. The fourth-order valence-corrected chi connectivity index (χ4v) is 3.35. The molecule has 156 valence electrons. The summed E-state index contributed by atoms with van der Waals surface area (Å²) in [6.07, 6.45) is 0. The van der Waals surface area contributed by atoms with Gasteiger partial charge in [-0.05, 0) is 51.1 Å². The number of hydrogen-bond donors (Lipinski definition) is 2. The molecule has 0 saturated carbocycles. The molecule has 0 spiro atoms. The van der Waals surface area contributed by atoms with E-state index in [0.29, 0.717) is 12.3 Å². The van der Waals surface area contributed by atoms with Crippen LogP contribution in [0.3, 0.4) is 0 Å². The number of carbonyl (C=O) groups excluding carboxylic acids is 1. The van der Waals surface area contributed by atoms with E-state index in [4.69, 9.17) is 9.72 Å². The van der Waals surface area contributed by atoms with Crippen LogP contribution in [-0.4, -0.2) is 17.6 Å². The van der Waals surface area contributed by atoms with Crippen LogP contribution in [0.5, 0.6) is 5.75 Å². The molecule has 1 aromatic heterocycles. The molecule has 1 heterocycles. The molecule has 0 aliphatic rings. The first kappa shape index (κ1) is 20.4. The van der Waals surface area contributed by atoms with Crippen LogP contribution in [0.1, 0.15) is 18.1 Å². The van der Waals surface area contributed by atoms with E-state index in [1.807, 2.05) is 62.4 Å². The molecule has 0 fully saturated rings. The van der Waals surface area contributed by atoms with Crippen LogP contribution in [0.2, 0.25) is 0 Å². The molecule has 0 aliphatic carbocycles. The van der Waals surface area contributed by atoms with Gasteiger partial charge in [-0.2, -0.15) is 0 Å². The first-order valence-electron chi connectivity index (χ1n) is 10.3. The van der Waals surface area contributed by atoms with Crippen molar-refractivity contribution in [2.75, 3.05) is 17.2 Å². The third kappa shape index (κ3) is 4.83. The van der Waals surface area contributed by atoms with Gasteiger partial charge in [-0.15, -0.1) is 0 Å². The van der Waals surface area contributed by atoms with Crippen molar-refractivity contribution in [2.24, 2.45) is 0 Å². The largest absolute Gasteiger partial charge is 0.493 e. The third-order valence-corrected chi connectivity index (χ3v) is 4.99. The number of rotatable bonds is 5. The first-order valence-corrected chi connectivity index (χ1v) is 10.3. The fraction of sp³-hybridized carbons (Fsp3) is 0.154. The Balaban J connectivity index is 1.62. The molecule has 5 heteroatoms. The number of urea groups is 1. The summed E-state index contributed by atoms with van der Waals surface area (Å²) >= 11 is 0. The summed E-state index contributed by atoms with van der Waals surface area (Å²) in [5.74, 6) is 0.741. The fourth-order valence-electron chi connectivity index (χ4n) is 3.35. The maximum atomic E-state index is 12.4. The normalized spacial score (nSPS) is 10.7. The molecule has 3 aromatic carbocycles. The summed E-state index contributed by atoms with van der Waals surface area (Å²) < 4.78 is 5.90. The van der Waals surface area contributed by atoms with Crippen LogP contribution in [-0.2, 0) is 0 Å². The number of fused-ring (bicyclic) bond motifs is 1. The Morgan fingerprint density at radius 2 is 1.45 bits per heavy atom. The lowest BCUT2D eigenvalue weighted by Crippen LogP contribution is -2.19. The number of amides is 2. The zero-order valence-electron chi connectivity index (χ0n) is 17.9. The molecule has 0 atom stereocenters. The predicted molar refractivity (Wildman–Crippen MR) is 127 cm³/mol. The Kier molecular flexibility index (Phi) is 5.85. The number of aromatic nitrogens is 1. The van der Waals surface area contributed by atoms with Gasteiger partial charge in [0, 0.05) is 28.4 Å². The predicted octanol–water partition coefficient (Wildman–Crippen LogP) is 6.56. The smallest absolute Gasteiger partial charge is 0.323 e. The van der Waals surface area contributed by atoms with Gasteiger partial charge in [0.2, 0.25) is 0 Å². The number of pyridine rings is 1. The van der Waals surface area contributed by atoms with Gasteiger partial charge in [-0.3, -0.25) is 0 Å². The number of anilines is 2. The molecular formula is C26H25N3O2. The summed E-state index contributed by atoms with van der Waals surface area (Å²) in [6, 6.07) is 23.2. The zero-order chi connectivity index (χ0) is 21.8. The lowest BCUT2D eigenvalue weighted by Gasteiger charge is -2.13. The topological polar surface area (TPSA) is 63.2 Å². The minimum Gasteiger partial charge on any atom is -0.493 e. The number of carbonyl (C=O) groups is 1. The number of nitrogens with zero attached hydrogens (tertiary/aromatic N) is 1. The quantitative estimate of drug-likeness (QED) is 0.391. The Morgan fingerprint density at radius 1 is 0.839 bits per heavy atom. The van der Waals surface area contributed by atoms with E-state index >= 15 is 0 Å². The maximum Gasteiger partial charge on any atom is 0.323 e. The molecule has 4 rings (SSSR count). The van der Waals surface area contributed by atoms with Crippen molar-refractivity contribution in [3.8, 4) is 17.0 Å². The van der Waals surface area contributed by atoms with Crippen molar-refractivity contribution in [2.45, 2.75) is 20.8 Å². The van der Waals surface area contributed by atoms with E-state index in [1.54, 1.807) is 0 Å². The first-order chi connectivity index (χ1) is 15.0. The highest BCUT2D eigenvalue weighted by Crippen LogP contribution is 2.32. The van der Waals surface area contributed by atoms with E-state index < -0.39 is 0 Å². The van der Waals surface area contributed by atoms with Gasteiger partial charge < -0.3 is 15.4 Å². The Hall–Kier alpha value is -3.86. The van der Waals surface area contributed by atoms with Crippen LogP contribution in [0, 0.1) is 13.8 Å². The van der Waals surface area contributed by atoms with Gasteiger partial charge in [-0.1, -0.05) is 47.5 Å². The highest BCUT2D eigenvalue weighted by atomic mass is 16.5. The van der Waals surface area contributed by atoms with Crippen LogP contribution < -0.4 is 15.4 Å². The zero-order valence-corrected chi connectivity index (χ0v) is 17.9. The second-order valence-electron chi connectivity index (χ2n) is 7.48. The van der Waals surface area contributed by atoms with Crippen molar-refractivity contribution in [1.29, 1.82) is 0 Å². The van der Waals surface area contributed by atoms with E-state index in [-0.39, 0.29) is 6.03 Å². The maximum absolute atomic E-state index is 12.4. The second kappa shape index (κ2) is 8.88. The number of ether oxygens (including phenoxy) is 1. The van der Waals surface area contributed by atoms with Crippen molar-refractivity contribution in [1.82, 2.24) is 4.98 Å². The Labute approximate surface area is 182 Å². The highest BCUT2D eigenvalue weighted by Gasteiger charge is 2.11. The minimum absolute atomic E-state index is 0.301. The van der Waals surface area contributed by atoms with Gasteiger partial charge in [0.25, 0.3) is 0 Å². The molecular weight excluding hydrogens is 386 g/mol. The van der Waals surface area contributed by atoms with Crippen LogP contribution in [0.25, 0.3) is 22.2 Å². The number of hydrogen-bond acceptors (Lipinski definition) is 3. The summed E-state index contributed by atoms with van der Waals surface area (Å²) in [4.78, 5) is 17.2. The summed E-state index contributed by atoms with van der Waals surface area (Å²) in [6.45, 7) is 6.56. The molecule has 2 amide bonds. The molecule has 0 aliphatic heterocycles. The number of nitrogens with one attached hydrogen (secondary N) is 2. The van der Waals surface area contributed by atoms with Crippen molar-refractivity contribution < 1.29 is 9.53 Å². The van der Waals surface area contributed by atoms with Gasteiger partial charge in [0.05, 0.1) is 17.8 Å². The van der Waals surface area contributed by atoms with E-state index in [9.17, 15) is 4.79 Å². The molecule has 31 heavy (non-hydrogen) atoms. The summed E-state index contributed by atoms with van der Waals surface area (Å²) in [5.41, 5.74) is 6.45. The SMILES string of the molecule is CCOc1cc(-c2ccc(C)cc2)nc2ccc(NC(=O)Nc3ccc(C)cc3)cc12. The van der Waals surface area contributed by atoms with E-state index in [0.717, 1.165) is 39.2 Å². The van der Waals surface area contributed by atoms with Crippen LogP contribution in [0.4, 0.5) is 16.2 Å². The lowest BCUT2D eigenvalue weighted by molar-refractivity contribution is 0.262. The van der Waals surface area contributed by atoms with Gasteiger partial charge >= 0.3 is 6.03 Å². The van der Waals surface area contributed by atoms with Gasteiger partial charge in [0.15, 0.2) is 0 Å². The van der Waals surface area contributed by atoms with Crippen molar-refractivity contribution in [3.05, 3.63) is 83.9 Å². The van der Waals surface area contributed by atoms with Crippen LogP contribution in [0.15, 0.2) is 72.8 Å². The molecule has 5 nitrogen and oxygen atoms in total. The Bertz CT molecular complexity index is 1220. The van der Waals surface area contributed by atoms with Gasteiger partial charge in [0.1, 0.15) is 5.75 Å². The highest BCUT2D eigenvalue weighted by molar-refractivity contribution is 6.01. The summed E-state index contributed by atoms with van der Waals surface area (Å²) in [5, 5.41) is 6.58. The standard InChI is InChI=1S/C26H25N3O2/c1-4-31-25-16-24(19-9-5-17(2)6-10-19)29-23-14-13-21(15-22(23)25)28-26(30)27-20-11-7-18(3)8-12-20/h5-16H,4H2,1-3H3,(H2,27,28,30). The lowest BCUT2D eigenvalue weighted by atomic mass is 10.1. The van der Waals surface area contributed by atoms with Crippen molar-refractivity contribution >= 4 is 28.3 Å². The third-order valence-electron chi connectivity index (χ3n) is 4.99. The van der Waals surface area contributed by atoms with E-state index in [1.165, 1.54) is 5.56 Å². The van der Waals surface area contributed by atoms with Gasteiger partial charge in [-0.25, -0.2) is 9.78 Å². The molecule has 0 unspecified atom stereocenters. The minimum atomic E-state index is -0.301. The average molecular weight is 412 g/mol. The molecule has 0 bridgehead atoms. The monoisotopic (exact) mass is 411 g/mol. The molecule has 4 aromatic rings. The Morgan fingerprint density at radius 3 is 2.13 bits per heavy atom. The number of benzene rings is 3.